The van der Waals surface area contributed by atoms with Crippen LogP contribution in [0.4, 0.5) is 16.5 Å². The summed E-state index contributed by atoms with van der Waals surface area (Å²) in [4.78, 5) is 21.0. The topological polar surface area (TPSA) is 80.9 Å². The van der Waals surface area contributed by atoms with Crippen LogP contribution in [-0.4, -0.2) is 23.2 Å². The van der Waals surface area contributed by atoms with Crippen LogP contribution in [0.2, 0.25) is 0 Å². The molecule has 8 heteroatoms. The minimum Gasteiger partial charge on any atom is -0.439 e. The Morgan fingerprint density at radius 1 is 1.32 bits per heavy atom. The Hall–Kier alpha value is -3.26. The van der Waals surface area contributed by atoms with Gasteiger partial charge in [-0.1, -0.05) is 23.5 Å². The highest BCUT2D eigenvalue weighted by Gasteiger charge is 2.21. The summed E-state index contributed by atoms with van der Waals surface area (Å²) in [7, 11) is 1.92. The molecule has 0 spiro atoms. The van der Waals surface area contributed by atoms with Crippen LogP contribution in [0.15, 0.2) is 59.4 Å². The summed E-state index contributed by atoms with van der Waals surface area (Å²) in [5, 5.41) is 11.4. The number of rotatable bonds is 3. The number of benzene rings is 2. The summed E-state index contributed by atoms with van der Waals surface area (Å²) in [6, 6.07) is 12.3. The average Bonchev–Trinajstić information content (AvgIpc) is 3.15. The number of hydrogen-bond acceptors (Lipinski definition) is 7. The maximum atomic E-state index is 10.8. The van der Waals surface area contributed by atoms with E-state index in [2.05, 4.69) is 9.98 Å². The van der Waals surface area contributed by atoms with E-state index in [-0.39, 0.29) is 5.69 Å². The van der Waals surface area contributed by atoms with E-state index in [9.17, 15) is 10.1 Å². The molecule has 0 N–H and O–H groups in total. The van der Waals surface area contributed by atoms with E-state index in [0.717, 1.165) is 16.1 Å². The van der Waals surface area contributed by atoms with Crippen LogP contribution in [0.5, 0.6) is 5.75 Å². The quantitative estimate of drug-likeness (QED) is 0.399. The van der Waals surface area contributed by atoms with Crippen LogP contribution >= 0.6 is 11.3 Å². The molecule has 2 heterocycles. The molecule has 0 radical (unpaired) electrons. The molecule has 0 saturated carbocycles. The molecule has 25 heavy (non-hydrogen) atoms. The number of aromatic nitrogens is 1. The third-order valence-electron chi connectivity index (χ3n) is 3.75. The fourth-order valence-electron chi connectivity index (χ4n) is 2.50. The van der Waals surface area contributed by atoms with Gasteiger partial charge in [0, 0.05) is 31.5 Å². The first-order chi connectivity index (χ1) is 12.1. The number of nitro groups is 1. The fourth-order valence-corrected chi connectivity index (χ4v) is 3.35. The van der Waals surface area contributed by atoms with Crippen molar-refractivity contribution in [2.75, 3.05) is 11.9 Å². The molecular weight excluding hydrogens is 340 g/mol. The number of ether oxygens (including phenoxy) is 1. The van der Waals surface area contributed by atoms with Crippen LogP contribution in [0.1, 0.15) is 0 Å². The predicted octanol–water partition coefficient (Wildman–Crippen LogP) is 4.28. The smallest absolute Gasteiger partial charge is 0.270 e. The van der Waals surface area contributed by atoms with Crippen LogP contribution in [-0.2, 0) is 0 Å². The van der Waals surface area contributed by atoms with Crippen LogP contribution in [0.3, 0.4) is 0 Å². The van der Waals surface area contributed by atoms with Crippen molar-refractivity contribution < 1.29 is 9.66 Å². The summed E-state index contributed by atoms with van der Waals surface area (Å²) in [5.41, 5.74) is 1.74. The Morgan fingerprint density at radius 3 is 2.96 bits per heavy atom. The molecule has 0 aliphatic carbocycles. The average molecular weight is 352 g/mol. The molecule has 0 fully saturated rings. The van der Waals surface area contributed by atoms with Crippen molar-refractivity contribution in [3.63, 3.8) is 0 Å². The second-order valence-electron chi connectivity index (χ2n) is 5.32. The Kier molecular flexibility index (Phi) is 3.66. The van der Waals surface area contributed by atoms with E-state index in [1.165, 1.54) is 23.5 Å². The van der Waals surface area contributed by atoms with Gasteiger partial charge in [-0.05, 0) is 18.2 Å². The Balaban J connectivity index is 1.56. The van der Waals surface area contributed by atoms with Gasteiger partial charge in [-0.15, -0.1) is 0 Å². The van der Waals surface area contributed by atoms with E-state index < -0.39 is 4.92 Å². The molecule has 2 aromatic carbocycles. The van der Waals surface area contributed by atoms with Crippen molar-refractivity contribution in [1.29, 1.82) is 0 Å². The molecule has 0 bridgehead atoms. The van der Waals surface area contributed by atoms with Gasteiger partial charge in [0.2, 0.25) is 11.0 Å². The molecule has 1 aliphatic heterocycles. The van der Waals surface area contributed by atoms with Gasteiger partial charge in [-0.3, -0.25) is 10.1 Å². The standard InChI is InChI=1S/C17H12N4O3S/c1-20-13-4-2-3-5-14(13)24-16(20)8-9-18-17-19-12-7-6-11(21(22)23)10-15(12)25-17/h2-10H,1H3/b16-8+,18-9?. The van der Waals surface area contributed by atoms with E-state index >= 15 is 0 Å². The van der Waals surface area contributed by atoms with Gasteiger partial charge in [-0.25, -0.2) is 9.98 Å². The van der Waals surface area contributed by atoms with Gasteiger partial charge >= 0.3 is 0 Å². The number of allylic oxidation sites excluding steroid dienone is 1. The molecule has 3 aromatic rings. The lowest BCUT2D eigenvalue weighted by molar-refractivity contribution is -0.384. The van der Waals surface area contributed by atoms with E-state index in [1.807, 2.05) is 36.2 Å². The van der Waals surface area contributed by atoms with Gasteiger partial charge in [0.1, 0.15) is 0 Å². The zero-order valence-corrected chi connectivity index (χ0v) is 13.9. The predicted molar refractivity (Wildman–Crippen MR) is 98.0 cm³/mol. The molecule has 0 amide bonds. The van der Waals surface area contributed by atoms with Crippen LogP contribution in [0.25, 0.3) is 10.2 Å². The molecule has 1 aromatic heterocycles. The van der Waals surface area contributed by atoms with Crippen molar-refractivity contribution >= 4 is 44.3 Å². The SMILES string of the molecule is CN1/C(=C\C=Nc2nc3ccc([N+](=O)[O-])cc3s2)Oc2ccccc21. The van der Waals surface area contributed by atoms with Gasteiger partial charge < -0.3 is 9.64 Å². The minimum atomic E-state index is -0.419. The number of non-ortho nitro benzene ring substituents is 1. The van der Waals surface area contributed by atoms with Crippen molar-refractivity contribution in [3.8, 4) is 5.75 Å². The zero-order chi connectivity index (χ0) is 17.4. The minimum absolute atomic E-state index is 0.0487. The molecule has 1 aliphatic rings. The normalized spacial score (nSPS) is 15.1. The van der Waals surface area contributed by atoms with Crippen molar-refractivity contribution in [1.82, 2.24) is 4.98 Å². The summed E-state index contributed by atoms with van der Waals surface area (Å²) in [6.07, 6.45) is 3.37. The number of thiazole rings is 1. The Labute approximate surface area is 146 Å². The molecule has 0 unspecified atom stereocenters. The van der Waals surface area contributed by atoms with Gasteiger partial charge in [-0.2, -0.15) is 0 Å². The Morgan fingerprint density at radius 2 is 2.16 bits per heavy atom. The first-order valence-corrected chi connectivity index (χ1v) is 8.23. The number of anilines is 1. The monoisotopic (exact) mass is 352 g/mol. The van der Waals surface area contributed by atoms with E-state index in [4.69, 9.17) is 4.74 Å². The highest BCUT2D eigenvalue weighted by molar-refractivity contribution is 7.22. The molecule has 0 saturated heterocycles. The van der Waals surface area contributed by atoms with Gasteiger partial charge in [0.25, 0.3) is 5.69 Å². The second-order valence-corrected chi connectivity index (χ2v) is 6.33. The van der Waals surface area contributed by atoms with Crippen molar-refractivity contribution in [3.05, 3.63) is 64.5 Å². The lowest BCUT2D eigenvalue weighted by Crippen LogP contribution is -2.13. The molecule has 0 atom stereocenters. The fraction of sp³-hybridized carbons (Fsp3) is 0.0588. The van der Waals surface area contributed by atoms with Gasteiger partial charge in [0.05, 0.1) is 20.8 Å². The number of aliphatic imine (C=N–C) groups is 1. The number of fused-ring (bicyclic) bond motifs is 2. The van der Waals surface area contributed by atoms with E-state index in [0.29, 0.717) is 16.5 Å². The molecule has 124 valence electrons. The number of para-hydroxylation sites is 2. The van der Waals surface area contributed by atoms with E-state index in [1.54, 1.807) is 18.4 Å². The third kappa shape index (κ3) is 2.83. The lowest BCUT2D eigenvalue weighted by atomic mass is 10.3. The first-order valence-electron chi connectivity index (χ1n) is 7.42. The number of nitro benzene ring substituents is 1. The summed E-state index contributed by atoms with van der Waals surface area (Å²) in [6.45, 7) is 0. The number of hydrogen-bond donors (Lipinski definition) is 0. The van der Waals surface area contributed by atoms with Crippen LogP contribution in [0, 0.1) is 10.1 Å². The Bertz CT molecular complexity index is 1040. The number of nitrogens with zero attached hydrogens (tertiary/aromatic N) is 4. The highest BCUT2D eigenvalue weighted by atomic mass is 32.1. The second kappa shape index (κ2) is 5.99. The summed E-state index contributed by atoms with van der Waals surface area (Å²) >= 11 is 1.30. The third-order valence-corrected chi connectivity index (χ3v) is 4.67. The largest absolute Gasteiger partial charge is 0.439 e. The maximum absolute atomic E-state index is 10.8. The molecule has 7 nitrogen and oxygen atoms in total. The molecular formula is C17H12N4O3S. The first kappa shape index (κ1) is 15.3. The van der Waals surface area contributed by atoms with Crippen molar-refractivity contribution in [2.24, 2.45) is 4.99 Å². The zero-order valence-electron chi connectivity index (χ0n) is 13.1. The molecule has 4 rings (SSSR count). The maximum Gasteiger partial charge on any atom is 0.270 e. The highest BCUT2D eigenvalue weighted by Crippen LogP contribution is 2.37. The van der Waals surface area contributed by atoms with Gasteiger partial charge in [0.15, 0.2) is 5.75 Å². The summed E-state index contributed by atoms with van der Waals surface area (Å²) in [5.74, 6) is 1.47. The lowest BCUT2D eigenvalue weighted by Gasteiger charge is -2.09. The van der Waals surface area contributed by atoms with Crippen molar-refractivity contribution in [2.45, 2.75) is 0 Å². The summed E-state index contributed by atoms with van der Waals surface area (Å²) < 4.78 is 6.49. The van der Waals surface area contributed by atoms with Crippen LogP contribution < -0.4 is 9.64 Å².